The zero-order chi connectivity index (χ0) is 13.1. The molecule has 3 N–H and O–H groups in total. The van der Waals surface area contributed by atoms with Crippen LogP contribution in [-0.2, 0) is 0 Å². The van der Waals surface area contributed by atoms with Crippen molar-refractivity contribution in [3.63, 3.8) is 0 Å². The fourth-order valence-electron chi connectivity index (χ4n) is 1.67. The lowest BCUT2D eigenvalue weighted by Gasteiger charge is -1.98. The third kappa shape index (κ3) is 2.29. The summed E-state index contributed by atoms with van der Waals surface area (Å²) in [4.78, 5) is 8.55. The van der Waals surface area contributed by atoms with Gasteiger partial charge in [-0.1, -0.05) is 41.6 Å². The van der Waals surface area contributed by atoms with Crippen LogP contribution in [0.4, 0.5) is 5.82 Å². The molecular formula is C13H11N5O. The Morgan fingerprint density at radius 2 is 1.79 bits per heavy atom. The molecule has 3 aromatic rings. The van der Waals surface area contributed by atoms with Crippen molar-refractivity contribution in [3.8, 4) is 23.0 Å². The molecule has 0 aliphatic heterocycles. The van der Waals surface area contributed by atoms with E-state index in [0.29, 0.717) is 23.2 Å². The second-order valence-electron chi connectivity index (χ2n) is 3.84. The molecule has 2 heterocycles. The summed E-state index contributed by atoms with van der Waals surface area (Å²) < 4.78 is 5.21. The Labute approximate surface area is 109 Å². The first-order valence-electron chi connectivity index (χ1n) is 5.70. The van der Waals surface area contributed by atoms with Crippen LogP contribution in [0.5, 0.6) is 0 Å². The minimum Gasteiger partial charge on any atom is -0.332 e. The molecule has 3 rings (SSSR count). The maximum Gasteiger partial charge on any atom is 0.276 e. The van der Waals surface area contributed by atoms with Crippen LogP contribution in [0, 0.1) is 0 Å². The van der Waals surface area contributed by atoms with Crippen LogP contribution in [0.2, 0.25) is 0 Å². The van der Waals surface area contributed by atoms with Gasteiger partial charge in [-0.3, -0.25) is 0 Å². The monoisotopic (exact) mass is 253 g/mol. The highest BCUT2D eigenvalue weighted by Gasteiger charge is 2.11. The van der Waals surface area contributed by atoms with E-state index in [1.54, 1.807) is 12.1 Å². The minimum absolute atomic E-state index is 0.357. The Bertz CT molecular complexity index is 680. The van der Waals surface area contributed by atoms with Crippen molar-refractivity contribution in [3.05, 3.63) is 48.5 Å². The summed E-state index contributed by atoms with van der Waals surface area (Å²) in [5.74, 6) is 6.74. The van der Waals surface area contributed by atoms with Gasteiger partial charge in [0.15, 0.2) is 0 Å². The summed E-state index contributed by atoms with van der Waals surface area (Å²) in [6, 6.07) is 14.9. The van der Waals surface area contributed by atoms with E-state index in [4.69, 9.17) is 10.4 Å². The van der Waals surface area contributed by atoms with Gasteiger partial charge in [0.1, 0.15) is 11.5 Å². The summed E-state index contributed by atoms with van der Waals surface area (Å²) in [5, 5.41) is 3.94. The molecule has 19 heavy (non-hydrogen) atoms. The Morgan fingerprint density at radius 3 is 2.58 bits per heavy atom. The highest BCUT2D eigenvalue weighted by molar-refractivity contribution is 5.58. The van der Waals surface area contributed by atoms with E-state index in [1.807, 2.05) is 36.4 Å². The van der Waals surface area contributed by atoms with Crippen LogP contribution in [0.15, 0.2) is 53.1 Å². The van der Waals surface area contributed by atoms with E-state index >= 15 is 0 Å². The molecule has 6 nitrogen and oxygen atoms in total. The van der Waals surface area contributed by atoms with E-state index in [2.05, 4.69) is 20.6 Å². The highest BCUT2D eigenvalue weighted by Crippen LogP contribution is 2.21. The quantitative estimate of drug-likeness (QED) is 0.548. The van der Waals surface area contributed by atoms with E-state index in [0.717, 1.165) is 5.56 Å². The molecule has 0 spiro atoms. The molecular weight excluding hydrogens is 242 g/mol. The Balaban J connectivity index is 1.97. The number of aromatic nitrogens is 3. The van der Waals surface area contributed by atoms with E-state index < -0.39 is 0 Å². The summed E-state index contributed by atoms with van der Waals surface area (Å²) in [6.07, 6.45) is 0. The summed E-state index contributed by atoms with van der Waals surface area (Å²) in [5.41, 5.74) is 3.94. The lowest BCUT2D eigenvalue weighted by molar-refractivity contribution is 0.431. The lowest BCUT2D eigenvalue weighted by atomic mass is 10.2. The lowest BCUT2D eigenvalue weighted by Crippen LogP contribution is -2.08. The number of nitrogens with one attached hydrogen (secondary N) is 1. The third-order valence-electron chi connectivity index (χ3n) is 2.57. The average molecular weight is 253 g/mol. The molecule has 0 bridgehead atoms. The van der Waals surface area contributed by atoms with E-state index in [-0.39, 0.29) is 0 Å². The van der Waals surface area contributed by atoms with Crippen molar-refractivity contribution < 1.29 is 4.52 Å². The maximum absolute atomic E-state index is 5.31. The van der Waals surface area contributed by atoms with Crippen LogP contribution in [0.25, 0.3) is 23.0 Å². The Morgan fingerprint density at radius 1 is 0.947 bits per heavy atom. The van der Waals surface area contributed by atoms with Crippen molar-refractivity contribution in [1.82, 2.24) is 15.1 Å². The van der Waals surface area contributed by atoms with E-state index in [9.17, 15) is 0 Å². The van der Waals surface area contributed by atoms with Crippen LogP contribution in [-0.4, -0.2) is 15.1 Å². The number of anilines is 1. The SMILES string of the molecule is NNc1cccc(-c2nc(-c3ccccc3)no2)n1. The van der Waals surface area contributed by atoms with E-state index in [1.165, 1.54) is 0 Å². The Hall–Kier alpha value is -2.73. The molecule has 0 saturated carbocycles. The number of benzene rings is 1. The van der Waals surface area contributed by atoms with Gasteiger partial charge in [0.2, 0.25) is 5.82 Å². The number of hydrogen-bond donors (Lipinski definition) is 2. The number of nitrogens with two attached hydrogens (primary N) is 1. The van der Waals surface area contributed by atoms with Gasteiger partial charge < -0.3 is 9.95 Å². The minimum atomic E-state index is 0.357. The zero-order valence-corrected chi connectivity index (χ0v) is 9.95. The fraction of sp³-hybridized carbons (Fsp3) is 0. The molecule has 0 atom stereocenters. The summed E-state index contributed by atoms with van der Waals surface area (Å²) in [6.45, 7) is 0. The molecule has 0 amide bonds. The fourth-order valence-corrected chi connectivity index (χ4v) is 1.67. The van der Waals surface area contributed by atoms with Crippen LogP contribution in [0.1, 0.15) is 0 Å². The number of hydrazine groups is 1. The van der Waals surface area contributed by atoms with Gasteiger partial charge in [-0.15, -0.1) is 0 Å². The largest absolute Gasteiger partial charge is 0.332 e. The smallest absolute Gasteiger partial charge is 0.276 e. The average Bonchev–Trinajstić information content (AvgIpc) is 2.98. The van der Waals surface area contributed by atoms with Gasteiger partial charge in [0.25, 0.3) is 5.89 Å². The summed E-state index contributed by atoms with van der Waals surface area (Å²) >= 11 is 0. The number of hydrogen-bond acceptors (Lipinski definition) is 6. The number of rotatable bonds is 3. The highest BCUT2D eigenvalue weighted by atomic mass is 16.5. The first kappa shape index (κ1) is 11.4. The first-order valence-corrected chi connectivity index (χ1v) is 5.70. The third-order valence-corrected chi connectivity index (χ3v) is 2.57. The number of nitrogens with zero attached hydrogens (tertiary/aromatic N) is 3. The predicted octanol–water partition coefficient (Wildman–Crippen LogP) is 2.08. The molecule has 0 saturated heterocycles. The maximum atomic E-state index is 5.31. The van der Waals surface area contributed by atoms with Crippen LogP contribution in [0.3, 0.4) is 0 Å². The summed E-state index contributed by atoms with van der Waals surface area (Å²) in [7, 11) is 0. The molecule has 0 aliphatic carbocycles. The van der Waals surface area contributed by atoms with Crippen molar-refractivity contribution in [2.24, 2.45) is 5.84 Å². The number of nitrogen functional groups attached to an aromatic ring is 1. The zero-order valence-electron chi connectivity index (χ0n) is 9.95. The molecule has 2 aromatic heterocycles. The molecule has 0 unspecified atom stereocenters. The van der Waals surface area contributed by atoms with Crippen LogP contribution >= 0.6 is 0 Å². The number of pyridine rings is 1. The van der Waals surface area contributed by atoms with Gasteiger partial charge in [0, 0.05) is 5.56 Å². The molecule has 0 radical (unpaired) electrons. The molecule has 0 fully saturated rings. The molecule has 94 valence electrons. The normalized spacial score (nSPS) is 10.4. The van der Waals surface area contributed by atoms with Crippen molar-refractivity contribution in [1.29, 1.82) is 0 Å². The van der Waals surface area contributed by atoms with Crippen LogP contribution < -0.4 is 11.3 Å². The molecule has 0 aliphatic rings. The standard InChI is InChI=1S/C13H11N5O/c14-17-11-8-4-7-10(15-11)13-16-12(18-19-13)9-5-2-1-3-6-9/h1-8H,14H2,(H,15,17). The second kappa shape index (κ2) is 4.87. The van der Waals surface area contributed by atoms with Crippen molar-refractivity contribution in [2.75, 3.05) is 5.43 Å². The Kier molecular flexibility index (Phi) is 2.91. The second-order valence-corrected chi connectivity index (χ2v) is 3.84. The van der Waals surface area contributed by atoms with Crippen molar-refractivity contribution >= 4 is 5.82 Å². The van der Waals surface area contributed by atoms with Gasteiger partial charge in [-0.05, 0) is 12.1 Å². The van der Waals surface area contributed by atoms with Crippen molar-refractivity contribution in [2.45, 2.75) is 0 Å². The molecule has 1 aromatic carbocycles. The molecule has 6 heteroatoms. The first-order chi connectivity index (χ1) is 9.36. The van der Waals surface area contributed by atoms with Gasteiger partial charge in [0.05, 0.1) is 0 Å². The topological polar surface area (TPSA) is 89.9 Å². The van der Waals surface area contributed by atoms with Gasteiger partial charge in [-0.25, -0.2) is 10.8 Å². The predicted molar refractivity (Wildman–Crippen MR) is 70.8 cm³/mol. The van der Waals surface area contributed by atoms with Gasteiger partial charge in [-0.2, -0.15) is 4.98 Å². The van der Waals surface area contributed by atoms with Gasteiger partial charge >= 0.3 is 0 Å².